The zero-order chi connectivity index (χ0) is 14.7. The SMILES string of the molecule is O=C(O)c1ccc(Cc2ccccc2Br)c(C(=O)O)c1. The number of rotatable bonds is 4. The maximum atomic E-state index is 11.3. The highest BCUT2D eigenvalue weighted by Crippen LogP contribution is 2.22. The van der Waals surface area contributed by atoms with Gasteiger partial charge in [0.2, 0.25) is 0 Å². The molecule has 5 heteroatoms. The molecule has 0 bridgehead atoms. The summed E-state index contributed by atoms with van der Waals surface area (Å²) < 4.78 is 0.888. The largest absolute Gasteiger partial charge is 0.478 e. The van der Waals surface area contributed by atoms with Crippen molar-refractivity contribution in [2.75, 3.05) is 0 Å². The Morgan fingerprint density at radius 3 is 2.25 bits per heavy atom. The number of hydrogen-bond acceptors (Lipinski definition) is 2. The lowest BCUT2D eigenvalue weighted by molar-refractivity contribution is 0.0695. The second kappa shape index (κ2) is 5.88. The molecule has 102 valence electrons. The summed E-state index contributed by atoms with van der Waals surface area (Å²) in [5, 5.41) is 18.1. The number of carboxylic acid groups (broad SMARTS) is 2. The smallest absolute Gasteiger partial charge is 0.336 e. The van der Waals surface area contributed by atoms with Gasteiger partial charge < -0.3 is 10.2 Å². The normalized spacial score (nSPS) is 10.2. The predicted octanol–water partition coefficient (Wildman–Crippen LogP) is 3.44. The van der Waals surface area contributed by atoms with Crippen LogP contribution in [0.1, 0.15) is 31.8 Å². The molecular formula is C15H11BrO4. The van der Waals surface area contributed by atoms with E-state index >= 15 is 0 Å². The van der Waals surface area contributed by atoms with Gasteiger partial charge in [-0.2, -0.15) is 0 Å². The third kappa shape index (κ3) is 3.05. The number of benzene rings is 2. The summed E-state index contributed by atoms with van der Waals surface area (Å²) in [6, 6.07) is 11.7. The van der Waals surface area contributed by atoms with Crippen LogP contribution in [0.25, 0.3) is 0 Å². The molecule has 0 unspecified atom stereocenters. The number of hydrogen-bond donors (Lipinski definition) is 2. The molecule has 0 saturated carbocycles. The van der Waals surface area contributed by atoms with Gasteiger partial charge in [0.25, 0.3) is 0 Å². The minimum atomic E-state index is -1.14. The van der Waals surface area contributed by atoms with Crippen molar-refractivity contribution in [1.29, 1.82) is 0 Å². The molecule has 2 rings (SSSR count). The van der Waals surface area contributed by atoms with E-state index in [1.165, 1.54) is 12.1 Å². The van der Waals surface area contributed by atoms with E-state index in [9.17, 15) is 14.7 Å². The highest BCUT2D eigenvalue weighted by molar-refractivity contribution is 9.10. The van der Waals surface area contributed by atoms with Crippen molar-refractivity contribution in [3.05, 3.63) is 69.2 Å². The van der Waals surface area contributed by atoms with Gasteiger partial charge in [-0.25, -0.2) is 9.59 Å². The molecule has 0 aliphatic heterocycles. The Balaban J connectivity index is 2.44. The van der Waals surface area contributed by atoms with Crippen LogP contribution < -0.4 is 0 Å². The fourth-order valence-corrected chi connectivity index (χ4v) is 2.33. The van der Waals surface area contributed by atoms with E-state index < -0.39 is 11.9 Å². The van der Waals surface area contributed by atoms with E-state index in [1.807, 2.05) is 24.3 Å². The van der Waals surface area contributed by atoms with Gasteiger partial charge in [0.1, 0.15) is 0 Å². The minimum absolute atomic E-state index is 0.0145. The minimum Gasteiger partial charge on any atom is -0.478 e. The predicted molar refractivity (Wildman–Crippen MR) is 77.3 cm³/mol. The van der Waals surface area contributed by atoms with Crippen molar-refractivity contribution in [1.82, 2.24) is 0 Å². The van der Waals surface area contributed by atoms with Crippen LogP contribution in [0.4, 0.5) is 0 Å². The first-order valence-corrected chi connectivity index (χ1v) is 6.61. The lowest BCUT2D eigenvalue weighted by atomic mass is 9.97. The first-order chi connectivity index (χ1) is 9.49. The lowest BCUT2D eigenvalue weighted by Gasteiger charge is -2.09. The van der Waals surface area contributed by atoms with Gasteiger partial charge in [-0.15, -0.1) is 0 Å². The standard InChI is InChI=1S/C15H11BrO4/c16-13-4-2-1-3-10(13)7-9-5-6-11(14(17)18)8-12(9)15(19)20/h1-6,8H,7H2,(H,17,18)(H,19,20). The summed E-state index contributed by atoms with van der Waals surface area (Å²) in [5.41, 5.74) is 1.51. The molecule has 0 saturated heterocycles. The lowest BCUT2D eigenvalue weighted by Crippen LogP contribution is -2.07. The van der Waals surface area contributed by atoms with Crippen LogP contribution >= 0.6 is 15.9 Å². The summed E-state index contributed by atoms with van der Waals surface area (Å²) in [4.78, 5) is 22.2. The van der Waals surface area contributed by atoms with Gasteiger partial charge in [-0.1, -0.05) is 40.2 Å². The van der Waals surface area contributed by atoms with Crippen molar-refractivity contribution in [3.8, 4) is 0 Å². The number of aromatic carboxylic acids is 2. The maximum Gasteiger partial charge on any atom is 0.336 e. The average molecular weight is 335 g/mol. The molecule has 0 amide bonds. The second-order valence-electron chi connectivity index (χ2n) is 4.25. The van der Waals surface area contributed by atoms with Crippen molar-refractivity contribution in [3.63, 3.8) is 0 Å². The Hall–Kier alpha value is -2.14. The zero-order valence-electron chi connectivity index (χ0n) is 10.3. The highest BCUT2D eigenvalue weighted by atomic mass is 79.9. The van der Waals surface area contributed by atoms with Crippen LogP contribution in [-0.4, -0.2) is 22.2 Å². The Bertz CT molecular complexity index is 679. The van der Waals surface area contributed by atoms with E-state index in [0.717, 1.165) is 10.0 Å². The molecule has 2 aromatic rings. The molecular weight excluding hydrogens is 324 g/mol. The van der Waals surface area contributed by atoms with E-state index in [0.29, 0.717) is 12.0 Å². The van der Waals surface area contributed by atoms with Crippen LogP contribution in [0.2, 0.25) is 0 Å². The summed E-state index contributed by atoms with van der Waals surface area (Å²) in [7, 11) is 0. The van der Waals surface area contributed by atoms with Crippen molar-refractivity contribution in [2.45, 2.75) is 6.42 Å². The van der Waals surface area contributed by atoms with Crippen LogP contribution in [0, 0.1) is 0 Å². The zero-order valence-corrected chi connectivity index (χ0v) is 11.9. The van der Waals surface area contributed by atoms with E-state index in [1.54, 1.807) is 6.07 Å². The maximum absolute atomic E-state index is 11.3. The van der Waals surface area contributed by atoms with Crippen LogP contribution in [0.15, 0.2) is 46.9 Å². The fraction of sp³-hybridized carbons (Fsp3) is 0.0667. The molecule has 0 spiro atoms. The fourth-order valence-electron chi connectivity index (χ4n) is 1.91. The molecule has 20 heavy (non-hydrogen) atoms. The first-order valence-electron chi connectivity index (χ1n) is 5.82. The Kier molecular flexibility index (Phi) is 4.20. The summed E-state index contributed by atoms with van der Waals surface area (Å²) in [6.07, 6.45) is 0.420. The third-order valence-corrected chi connectivity index (χ3v) is 3.70. The monoisotopic (exact) mass is 334 g/mol. The molecule has 0 fully saturated rings. The highest BCUT2D eigenvalue weighted by Gasteiger charge is 2.14. The van der Waals surface area contributed by atoms with Gasteiger partial charge >= 0.3 is 11.9 Å². The van der Waals surface area contributed by atoms with Gasteiger partial charge in [-0.05, 0) is 35.7 Å². The van der Waals surface area contributed by atoms with Crippen LogP contribution in [-0.2, 0) is 6.42 Å². The first kappa shape index (κ1) is 14.3. The molecule has 0 aromatic heterocycles. The van der Waals surface area contributed by atoms with E-state index in [-0.39, 0.29) is 11.1 Å². The number of halogens is 1. The van der Waals surface area contributed by atoms with E-state index in [4.69, 9.17) is 5.11 Å². The Morgan fingerprint density at radius 2 is 1.65 bits per heavy atom. The van der Waals surface area contributed by atoms with Crippen LogP contribution in [0.3, 0.4) is 0 Å². The Labute approximate surface area is 123 Å². The second-order valence-corrected chi connectivity index (χ2v) is 5.10. The quantitative estimate of drug-likeness (QED) is 0.898. The molecule has 0 aliphatic carbocycles. The summed E-state index contributed by atoms with van der Waals surface area (Å²) in [6.45, 7) is 0. The summed E-state index contributed by atoms with van der Waals surface area (Å²) >= 11 is 3.41. The summed E-state index contributed by atoms with van der Waals surface area (Å²) in [5.74, 6) is -2.27. The van der Waals surface area contributed by atoms with Gasteiger partial charge in [0, 0.05) is 4.47 Å². The molecule has 2 N–H and O–H groups in total. The number of carboxylic acids is 2. The molecule has 2 aromatic carbocycles. The molecule has 0 heterocycles. The van der Waals surface area contributed by atoms with E-state index in [2.05, 4.69) is 15.9 Å². The van der Waals surface area contributed by atoms with Gasteiger partial charge in [-0.3, -0.25) is 0 Å². The molecule has 0 radical (unpaired) electrons. The molecule has 0 aliphatic rings. The molecule has 0 atom stereocenters. The Morgan fingerprint density at radius 1 is 0.950 bits per heavy atom. The van der Waals surface area contributed by atoms with Gasteiger partial charge in [0.05, 0.1) is 11.1 Å². The topological polar surface area (TPSA) is 74.6 Å². The molecule has 4 nitrogen and oxygen atoms in total. The van der Waals surface area contributed by atoms with Crippen molar-refractivity contribution < 1.29 is 19.8 Å². The van der Waals surface area contributed by atoms with Crippen molar-refractivity contribution in [2.24, 2.45) is 0 Å². The third-order valence-electron chi connectivity index (χ3n) is 2.93. The van der Waals surface area contributed by atoms with Crippen molar-refractivity contribution >= 4 is 27.9 Å². The number of carbonyl (C=O) groups is 2. The average Bonchev–Trinajstić information content (AvgIpc) is 2.41. The van der Waals surface area contributed by atoms with Crippen LogP contribution in [0.5, 0.6) is 0 Å². The van der Waals surface area contributed by atoms with Gasteiger partial charge in [0.15, 0.2) is 0 Å².